The molecule has 2 aromatic carbocycles. The number of ether oxygens (including phenoxy) is 2. The number of hydrogen-bond donors (Lipinski definition) is 0. The van der Waals surface area contributed by atoms with E-state index < -0.39 is 18.2 Å². The lowest BCUT2D eigenvalue weighted by Gasteiger charge is -2.09. The van der Waals surface area contributed by atoms with Gasteiger partial charge in [0.1, 0.15) is 17.1 Å². The summed E-state index contributed by atoms with van der Waals surface area (Å²) in [7, 11) is 0. The van der Waals surface area contributed by atoms with Gasteiger partial charge in [-0.2, -0.15) is 0 Å². The third-order valence-electron chi connectivity index (χ3n) is 3.15. The Kier molecular flexibility index (Phi) is 5.18. The Morgan fingerprint density at radius 3 is 2.48 bits per heavy atom. The van der Waals surface area contributed by atoms with Gasteiger partial charge in [0.05, 0.1) is 15.1 Å². The number of benzene rings is 2. The molecular formula is C17H9Cl3O5. The van der Waals surface area contributed by atoms with Gasteiger partial charge in [0.2, 0.25) is 0 Å². The molecule has 0 saturated carbocycles. The van der Waals surface area contributed by atoms with Gasteiger partial charge >= 0.3 is 11.6 Å². The molecule has 0 unspecified atom stereocenters. The van der Waals surface area contributed by atoms with Gasteiger partial charge in [-0.3, -0.25) is 0 Å². The van der Waals surface area contributed by atoms with E-state index in [-0.39, 0.29) is 26.6 Å². The number of rotatable bonds is 4. The van der Waals surface area contributed by atoms with E-state index in [1.54, 1.807) is 18.2 Å². The number of halogens is 3. The maximum Gasteiger partial charge on any atom is 0.349 e. The fraction of sp³-hybridized carbons (Fsp3) is 0.0588. The molecule has 0 aliphatic heterocycles. The second kappa shape index (κ2) is 7.35. The summed E-state index contributed by atoms with van der Waals surface area (Å²) in [5.41, 5.74) is -0.181. The van der Waals surface area contributed by atoms with Gasteiger partial charge in [-0.15, -0.1) is 0 Å². The monoisotopic (exact) mass is 398 g/mol. The quantitative estimate of drug-likeness (QED) is 0.274. The van der Waals surface area contributed by atoms with Crippen LogP contribution in [0.4, 0.5) is 0 Å². The van der Waals surface area contributed by atoms with Crippen molar-refractivity contribution in [2.24, 2.45) is 0 Å². The van der Waals surface area contributed by atoms with E-state index in [0.29, 0.717) is 11.0 Å². The zero-order valence-electron chi connectivity index (χ0n) is 12.4. The van der Waals surface area contributed by atoms with Gasteiger partial charge in [0.15, 0.2) is 6.61 Å². The van der Waals surface area contributed by atoms with Crippen LogP contribution in [0.25, 0.3) is 11.0 Å². The Labute approximate surface area is 156 Å². The first-order valence-corrected chi connectivity index (χ1v) is 8.08. The molecule has 0 amide bonds. The molecule has 1 aromatic heterocycles. The Hall–Kier alpha value is -2.21. The van der Waals surface area contributed by atoms with Crippen LogP contribution in [-0.2, 0) is 4.79 Å². The molecule has 0 bridgehead atoms. The van der Waals surface area contributed by atoms with Crippen molar-refractivity contribution in [3.8, 4) is 11.5 Å². The molecule has 3 aromatic rings. The second-order valence-corrected chi connectivity index (χ2v) is 6.14. The highest BCUT2D eigenvalue weighted by molar-refractivity contribution is 6.43. The zero-order valence-corrected chi connectivity index (χ0v) is 14.7. The lowest BCUT2D eigenvalue weighted by Crippen LogP contribution is -2.17. The molecule has 0 saturated heterocycles. The van der Waals surface area contributed by atoms with E-state index in [9.17, 15) is 9.59 Å². The van der Waals surface area contributed by atoms with E-state index >= 15 is 0 Å². The van der Waals surface area contributed by atoms with E-state index in [1.165, 1.54) is 24.3 Å². The van der Waals surface area contributed by atoms with Gasteiger partial charge in [-0.25, -0.2) is 9.59 Å². The van der Waals surface area contributed by atoms with Crippen LogP contribution in [0.1, 0.15) is 0 Å². The van der Waals surface area contributed by atoms with Crippen molar-refractivity contribution < 1.29 is 18.7 Å². The summed E-state index contributed by atoms with van der Waals surface area (Å²) in [6, 6.07) is 10.4. The van der Waals surface area contributed by atoms with Crippen molar-refractivity contribution >= 4 is 51.7 Å². The molecule has 8 heteroatoms. The molecule has 0 atom stereocenters. The first-order valence-electron chi connectivity index (χ1n) is 6.94. The lowest BCUT2D eigenvalue weighted by molar-refractivity contribution is -0.136. The van der Waals surface area contributed by atoms with Gasteiger partial charge in [0.25, 0.3) is 0 Å². The summed E-state index contributed by atoms with van der Waals surface area (Å²) >= 11 is 17.7. The Bertz CT molecular complexity index is 1010. The topological polar surface area (TPSA) is 65.7 Å². The molecule has 3 rings (SSSR count). The molecule has 0 aliphatic carbocycles. The van der Waals surface area contributed by atoms with E-state index in [4.69, 9.17) is 48.7 Å². The van der Waals surface area contributed by atoms with Crippen molar-refractivity contribution in [1.29, 1.82) is 0 Å². The zero-order chi connectivity index (χ0) is 18.0. The normalized spacial score (nSPS) is 10.7. The van der Waals surface area contributed by atoms with E-state index in [0.717, 1.165) is 0 Å². The van der Waals surface area contributed by atoms with Crippen LogP contribution in [0.5, 0.6) is 11.5 Å². The highest BCUT2D eigenvalue weighted by Gasteiger charge is 2.11. The molecule has 0 N–H and O–H groups in total. The van der Waals surface area contributed by atoms with Crippen LogP contribution in [0.3, 0.4) is 0 Å². The van der Waals surface area contributed by atoms with Crippen LogP contribution in [0, 0.1) is 0 Å². The smallest absolute Gasteiger partial charge is 0.349 e. The highest BCUT2D eigenvalue weighted by Crippen LogP contribution is 2.33. The predicted octanol–water partition coefficient (Wildman–Crippen LogP) is 4.74. The maximum absolute atomic E-state index is 11.9. The Morgan fingerprint density at radius 1 is 0.960 bits per heavy atom. The maximum atomic E-state index is 11.9. The third kappa shape index (κ3) is 4.25. The van der Waals surface area contributed by atoms with Crippen LogP contribution < -0.4 is 15.1 Å². The lowest BCUT2D eigenvalue weighted by atomic mass is 10.2. The van der Waals surface area contributed by atoms with Gasteiger partial charge in [-0.1, -0.05) is 34.8 Å². The van der Waals surface area contributed by atoms with Crippen molar-refractivity contribution in [3.05, 3.63) is 68.0 Å². The van der Waals surface area contributed by atoms with E-state index in [2.05, 4.69) is 0 Å². The Balaban J connectivity index is 1.68. The first kappa shape index (κ1) is 17.6. The molecule has 1 heterocycles. The van der Waals surface area contributed by atoms with Gasteiger partial charge in [0, 0.05) is 23.6 Å². The summed E-state index contributed by atoms with van der Waals surface area (Å²) < 4.78 is 15.5. The molecule has 25 heavy (non-hydrogen) atoms. The number of fused-ring (bicyclic) bond motifs is 1. The molecule has 128 valence electrons. The Morgan fingerprint density at radius 2 is 1.68 bits per heavy atom. The standard InChI is InChI=1S/C17H9Cl3O5/c18-11-6-13(20)15(7-12(11)19)23-8-17(22)24-10-3-1-9-2-4-16(21)25-14(9)5-10/h1-7H,8H2. The van der Waals surface area contributed by atoms with Gasteiger partial charge < -0.3 is 13.9 Å². The van der Waals surface area contributed by atoms with Gasteiger partial charge in [-0.05, 0) is 24.3 Å². The number of carbonyl (C=O) groups is 1. The van der Waals surface area contributed by atoms with E-state index in [1.807, 2.05) is 0 Å². The van der Waals surface area contributed by atoms with Crippen molar-refractivity contribution in [2.45, 2.75) is 0 Å². The second-order valence-electron chi connectivity index (χ2n) is 4.91. The SMILES string of the molecule is O=C(COc1cc(Cl)c(Cl)cc1Cl)Oc1ccc2ccc(=O)oc2c1. The molecule has 0 radical (unpaired) electrons. The summed E-state index contributed by atoms with van der Waals surface area (Å²) in [6.45, 7) is -0.394. The summed E-state index contributed by atoms with van der Waals surface area (Å²) in [5, 5.41) is 1.45. The molecular weight excluding hydrogens is 391 g/mol. The average Bonchev–Trinajstić information content (AvgIpc) is 2.56. The van der Waals surface area contributed by atoms with Crippen LogP contribution in [-0.4, -0.2) is 12.6 Å². The van der Waals surface area contributed by atoms with Crippen molar-refractivity contribution in [2.75, 3.05) is 6.61 Å². The van der Waals surface area contributed by atoms with Crippen LogP contribution in [0.2, 0.25) is 15.1 Å². The average molecular weight is 400 g/mol. The fourth-order valence-corrected chi connectivity index (χ4v) is 2.61. The predicted molar refractivity (Wildman–Crippen MR) is 95.1 cm³/mol. The minimum absolute atomic E-state index is 0.206. The highest BCUT2D eigenvalue weighted by atomic mass is 35.5. The summed E-state index contributed by atoms with van der Waals surface area (Å²) in [5.74, 6) is -0.243. The summed E-state index contributed by atoms with van der Waals surface area (Å²) in [4.78, 5) is 23.1. The number of hydrogen-bond acceptors (Lipinski definition) is 5. The largest absolute Gasteiger partial charge is 0.480 e. The fourth-order valence-electron chi connectivity index (χ4n) is 2.02. The van der Waals surface area contributed by atoms with Crippen molar-refractivity contribution in [1.82, 2.24) is 0 Å². The van der Waals surface area contributed by atoms with Crippen molar-refractivity contribution in [3.63, 3.8) is 0 Å². The summed E-state index contributed by atoms with van der Waals surface area (Å²) in [6.07, 6.45) is 0. The molecule has 5 nitrogen and oxygen atoms in total. The third-order valence-corrected chi connectivity index (χ3v) is 4.16. The van der Waals surface area contributed by atoms with Crippen LogP contribution in [0.15, 0.2) is 51.7 Å². The minimum Gasteiger partial charge on any atom is -0.480 e. The number of carbonyl (C=O) groups excluding carboxylic acids is 1. The minimum atomic E-state index is -0.667. The molecule has 0 fully saturated rings. The first-order chi connectivity index (χ1) is 11.9. The molecule has 0 spiro atoms. The van der Waals surface area contributed by atoms with Crippen LogP contribution >= 0.6 is 34.8 Å². The molecule has 0 aliphatic rings. The number of esters is 1.